The van der Waals surface area contributed by atoms with Gasteiger partial charge in [-0.1, -0.05) is 11.8 Å². The first-order valence-corrected chi connectivity index (χ1v) is 4.93. The number of aliphatic carboxylic acids is 1. The van der Waals surface area contributed by atoms with E-state index in [1.54, 1.807) is 14.0 Å². The Hall–Kier alpha value is -1.08. The second-order valence-corrected chi connectivity index (χ2v) is 3.68. The van der Waals surface area contributed by atoms with E-state index < -0.39 is 12.1 Å². The lowest BCUT2D eigenvalue weighted by molar-refractivity contribution is -0.133. The van der Waals surface area contributed by atoms with Crippen LogP contribution in [0.2, 0.25) is 0 Å². The molecule has 7 heteroatoms. The van der Waals surface area contributed by atoms with E-state index in [4.69, 9.17) is 5.11 Å². The highest BCUT2D eigenvalue weighted by atomic mass is 32.2. The van der Waals surface area contributed by atoms with Gasteiger partial charge in [-0.05, 0) is 6.92 Å². The molecule has 0 amide bonds. The van der Waals surface area contributed by atoms with Gasteiger partial charge in [-0.3, -0.25) is 4.79 Å². The van der Waals surface area contributed by atoms with Gasteiger partial charge in [0.05, 0.1) is 5.75 Å². The molecule has 0 radical (unpaired) electrons. The van der Waals surface area contributed by atoms with Gasteiger partial charge in [-0.15, -0.1) is 0 Å². The average molecular weight is 217 g/mol. The minimum Gasteiger partial charge on any atom is -0.481 e. The fraction of sp³-hybridized carbons (Fsp3) is 0.571. The van der Waals surface area contributed by atoms with Gasteiger partial charge in [0.15, 0.2) is 11.0 Å². The molecule has 0 aliphatic rings. The van der Waals surface area contributed by atoms with Crippen LogP contribution in [0.4, 0.5) is 0 Å². The third-order valence-electron chi connectivity index (χ3n) is 1.44. The number of nitrogens with zero attached hydrogens (tertiary/aromatic N) is 3. The van der Waals surface area contributed by atoms with E-state index in [2.05, 4.69) is 10.1 Å². The van der Waals surface area contributed by atoms with Crippen molar-refractivity contribution >= 4 is 17.7 Å². The predicted molar refractivity (Wildman–Crippen MR) is 50.0 cm³/mol. The molecule has 0 aromatic carbocycles. The van der Waals surface area contributed by atoms with Gasteiger partial charge in [0.2, 0.25) is 0 Å². The quantitative estimate of drug-likeness (QED) is 0.692. The van der Waals surface area contributed by atoms with E-state index in [0.29, 0.717) is 11.0 Å². The van der Waals surface area contributed by atoms with Crippen molar-refractivity contribution < 1.29 is 15.0 Å². The summed E-state index contributed by atoms with van der Waals surface area (Å²) in [7, 11) is 1.66. The van der Waals surface area contributed by atoms with Crippen LogP contribution in [0, 0.1) is 0 Å². The summed E-state index contributed by atoms with van der Waals surface area (Å²) in [6, 6.07) is 0. The van der Waals surface area contributed by atoms with Crippen LogP contribution in [-0.4, -0.2) is 36.7 Å². The Morgan fingerprint density at radius 1 is 1.71 bits per heavy atom. The highest BCUT2D eigenvalue weighted by Gasteiger charge is 2.12. The maximum atomic E-state index is 10.3. The third-order valence-corrected chi connectivity index (χ3v) is 2.44. The third kappa shape index (κ3) is 2.71. The monoisotopic (exact) mass is 217 g/mol. The van der Waals surface area contributed by atoms with E-state index in [1.807, 2.05) is 0 Å². The molecule has 0 fully saturated rings. The molecule has 0 bridgehead atoms. The summed E-state index contributed by atoms with van der Waals surface area (Å²) in [5.41, 5.74) is 0. The van der Waals surface area contributed by atoms with E-state index in [-0.39, 0.29) is 5.75 Å². The largest absolute Gasteiger partial charge is 0.481 e. The van der Waals surface area contributed by atoms with Gasteiger partial charge in [-0.2, -0.15) is 5.10 Å². The van der Waals surface area contributed by atoms with Gasteiger partial charge < -0.3 is 10.2 Å². The molecule has 0 aliphatic heterocycles. The van der Waals surface area contributed by atoms with Gasteiger partial charge in [0.1, 0.15) is 6.10 Å². The Bertz CT molecular complexity index is 337. The van der Waals surface area contributed by atoms with E-state index >= 15 is 0 Å². The van der Waals surface area contributed by atoms with Crippen molar-refractivity contribution in [2.45, 2.75) is 18.2 Å². The summed E-state index contributed by atoms with van der Waals surface area (Å²) >= 11 is 1.07. The number of aryl methyl sites for hydroxylation is 1. The smallest absolute Gasteiger partial charge is 0.313 e. The second-order valence-electron chi connectivity index (χ2n) is 2.73. The Balaban J connectivity index is 2.72. The Kier molecular flexibility index (Phi) is 3.48. The van der Waals surface area contributed by atoms with Crippen LogP contribution in [0.1, 0.15) is 18.9 Å². The van der Waals surface area contributed by atoms with Gasteiger partial charge in [0, 0.05) is 7.05 Å². The van der Waals surface area contributed by atoms with E-state index in [1.165, 1.54) is 4.68 Å². The molecule has 2 N–H and O–H groups in total. The summed E-state index contributed by atoms with van der Waals surface area (Å²) in [5.74, 6) is -0.664. The summed E-state index contributed by atoms with van der Waals surface area (Å²) < 4.78 is 1.45. The standard InChI is InChI=1S/C7H11N3O3S/c1-4(11)6-8-7(10(2)9-6)14-3-5(12)13/h4,11H,3H2,1-2H3,(H,12,13)/t4-/m0/s1. The van der Waals surface area contributed by atoms with E-state index in [9.17, 15) is 9.90 Å². The number of rotatable bonds is 4. The van der Waals surface area contributed by atoms with Crippen molar-refractivity contribution in [2.75, 3.05) is 5.75 Å². The van der Waals surface area contributed by atoms with Crippen LogP contribution in [0.5, 0.6) is 0 Å². The van der Waals surface area contributed by atoms with Crippen LogP contribution in [-0.2, 0) is 11.8 Å². The lowest BCUT2D eigenvalue weighted by Gasteiger charge is -1.94. The maximum Gasteiger partial charge on any atom is 0.313 e. The van der Waals surface area contributed by atoms with Crippen molar-refractivity contribution in [3.05, 3.63) is 5.82 Å². The summed E-state index contributed by atoms with van der Waals surface area (Å²) in [6.45, 7) is 1.56. The molecule has 1 heterocycles. The Morgan fingerprint density at radius 2 is 2.36 bits per heavy atom. The minimum absolute atomic E-state index is 0.0637. The number of aliphatic hydroxyl groups is 1. The fourth-order valence-corrected chi connectivity index (χ4v) is 1.46. The molecular formula is C7H11N3O3S. The van der Waals surface area contributed by atoms with Crippen LogP contribution >= 0.6 is 11.8 Å². The highest BCUT2D eigenvalue weighted by Crippen LogP contribution is 2.16. The van der Waals surface area contributed by atoms with Crippen molar-refractivity contribution in [1.82, 2.24) is 14.8 Å². The molecule has 78 valence electrons. The SMILES string of the molecule is C[C@H](O)c1nc(SCC(=O)O)n(C)n1. The zero-order chi connectivity index (χ0) is 10.7. The fourth-order valence-electron chi connectivity index (χ4n) is 0.818. The molecule has 0 aliphatic carbocycles. The zero-order valence-electron chi connectivity index (χ0n) is 7.84. The number of aromatic nitrogens is 3. The second kappa shape index (κ2) is 4.43. The molecule has 0 unspecified atom stereocenters. The first-order valence-electron chi connectivity index (χ1n) is 3.94. The van der Waals surface area contributed by atoms with Gasteiger partial charge in [0.25, 0.3) is 0 Å². The Labute approximate surface area is 85.0 Å². The normalized spacial score (nSPS) is 12.8. The zero-order valence-corrected chi connectivity index (χ0v) is 8.65. The molecule has 0 saturated heterocycles. The number of carboxylic acid groups (broad SMARTS) is 1. The minimum atomic E-state index is -0.906. The van der Waals surface area contributed by atoms with E-state index in [0.717, 1.165) is 11.8 Å². The van der Waals surface area contributed by atoms with Crippen LogP contribution in [0.25, 0.3) is 0 Å². The number of hydrogen-bond donors (Lipinski definition) is 2. The molecule has 6 nitrogen and oxygen atoms in total. The maximum absolute atomic E-state index is 10.3. The van der Waals surface area contributed by atoms with Crippen molar-refractivity contribution in [3.63, 3.8) is 0 Å². The molecule has 1 aromatic rings. The lowest BCUT2D eigenvalue weighted by atomic mass is 10.4. The number of carboxylic acids is 1. The van der Waals surface area contributed by atoms with Crippen molar-refractivity contribution in [1.29, 1.82) is 0 Å². The van der Waals surface area contributed by atoms with Gasteiger partial charge in [-0.25, -0.2) is 9.67 Å². The average Bonchev–Trinajstić information content (AvgIpc) is 2.43. The number of thioether (sulfide) groups is 1. The van der Waals surface area contributed by atoms with Crippen molar-refractivity contribution in [3.8, 4) is 0 Å². The summed E-state index contributed by atoms with van der Waals surface area (Å²) in [6.07, 6.45) is -0.736. The van der Waals surface area contributed by atoms with Crippen LogP contribution in [0.3, 0.4) is 0 Å². The number of hydrogen-bond acceptors (Lipinski definition) is 5. The molecule has 14 heavy (non-hydrogen) atoms. The topological polar surface area (TPSA) is 88.2 Å². The molecule has 1 atom stereocenters. The van der Waals surface area contributed by atoms with Crippen molar-refractivity contribution in [2.24, 2.45) is 7.05 Å². The summed E-state index contributed by atoms with van der Waals surface area (Å²) in [4.78, 5) is 14.3. The first kappa shape index (κ1) is 11.0. The number of aliphatic hydroxyl groups excluding tert-OH is 1. The number of carbonyl (C=O) groups is 1. The molecule has 0 spiro atoms. The molecule has 1 rings (SSSR count). The first-order chi connectivity index (χ1) is 6.50. The summed E-state index contributed by atoms with van der Waals surface area (Å²) in [5, 5.41) is 22.0. The van der Waals surface area contributed by atoms with Crippen LogP contribution in [0.15, 0.2) is 5.16 Å². The molecular weight excluding hydrogens is 206 g/mol. The molecule has 0 saturated carbocycles. The lowest BCUT2D eigenvalue weighted by Crippen LogP contribution is -2.00. The predicted octanol–water partition coefficient (Wildman–Crippen LogP) is 0.0451. The Morgan fingerprint density at radius 3 is 2.79 bits per heavy atom. The van der Waals surface area contributed by atoms with Crippen LogP contribution < -0.4 is 0 Å². The van der Waals surface area contributed by atoms with Gasteiger partial charge >= 0.3 is 5.97 Å². The molecule has 1 aromatic heterocycles. The highest BCUT2D eigenvalue weighted by molar-refractivity contribution is 7.99.